The molecule has 0 fully saturated rings. The molecule has 0 aliphatic rings. The van der Waals surface area contributed by atoms with E-state index >= 15 is 0 Å². The molecule has 2 rings (SSSR count). The Labute approximate surface area is 123 Å². The zero-order valence-electron chi connectivity index (χ0n) is 11.4. The fraction of sp³-hybridized carbons (Fsp3) is 0.308. The summed E-state index contributed by atoms with van der Waals surface area (Å²) in [4.78, 5) is 4.14. The maximum Gasteiger partial charge on any atom is 0.250 e. The number of hydrogen-bond donors (Lipinski definition) is 2. The third-order valence-electron chi connectivity index (χ3n) is 2.71. The van der Waals surface area contributed by atoms with Crippen molar-refractivity contribution in [1.29, 1.82) is 0 Å². The molecular formula is C13H17N3O2S2. The van der Waals surface area contributed by atoms with Crippen molar-refractivity contribution in [3.8, 4) is 0 Å². The first-order valence-electron chi connectivity index (χ1n) is 6.14. The van der Waals surface area contributed by atoms with Crippen LogP contribution in [0.3, 0.4) is 0 Å². The summed E-state index contributed by atoms with van der Waals surface area (Å²) in [6.07, 6.45) is 1.68. The molecule has 0 spiro atoms. The largest absolute Gasteiger partial charge is 0.316 e. The van der Waals surface area contributed by atoms with Crippen LogP contribution in [0.4, 0.5) is 0 Å². The molecule has 0 amide bonds. The van der Waals surface area contributed by atoms with Gasteiger partial charge in [-0.05, 0) is 42.6 Å². The van der Waals surface area contributed by atoms with E-state index in [2.05, 4.69) is 15.0 Å². The van der Waals surface area contributed by atoms with E-state index in [1.54, 1.807) is 12.3 Å². The number of nitrogens with zero attached hydrogens (tertiary/aromatic N) is 1. The van der Waals surface area contributed by atoms with Crippen LogP contribution in [-0.2, 0) is 23.1 Å². The second-order valence-corrected chi connectivity index (χ2v) is 7.34. The molecule has 0 bridgehead atoms. The van der Waals surface area contributed by atoms with Gasteiger partial charge in [-0.3, -0.25) is 4.98 Å². The first-order valence-corrected chi connectivity index (χ1v) is 8.51. The molecule has 0 atom stereocenters. The molecule has 108 valence electrons. The maximum absolute atomic E-state index is 12.1. The van der Waals surface area contributed by atoms with Crippen LogP contribution >= 0.6 is 11.3 Å². The number of hydrogen-bond acceptors (Lipinski definition) is 5. The fourth-order valence-corrected chi connectivity index (χ4v) is 3.92. The second-order valence-electron chi connectivity index (χ2n) is 4.44. The van der Waals surface area contributed by atoms with Gasteiger partial charge in [0, 0.05) is 25.0 Å². The minimum absolute atomic E-state index is 0.245. The third-order valence-corrected chi connectivity index (χ3v) is 5.60. The number of aryl methyl sites for hydroxylation is 1. The molecule has 5 nitrogen and oxygen atoms in total. The van der Waals surface area contributed by atoms with Crippen molar-refractivity contribution in [3.63, 3.8) is 0 Å². The Morgan fingerprint density at radius 3 is 2.70 bits per heavy atom. The lowest BCUT2D eigenvalue weighted by Gasteiger charge is -2.04. The Morgan fingerprint density at radius 2 is 2.05 bits per heavy atom. The van der Waals surface area contributed by atoms with Gasteiger partial charge in [-0.15, -0.1) is 11.3 Å². The SMILES string of the molecule is CNCc1csc(S(=O)(=O)NCc2ccc(C)nc2)c1. The highest BCUT2D eigenvalue weighted by atomic mass is 32.2. The topological polar surface area (TPSA) is 71.1 Å². The van der Waals surface area contributed by atoms with Crippen molar-refractivity contribution in [2.24, 2.45) is 0 Å². The lowest BCUT2D eigenvalue weighted by atomic mass is 10.2. The zero-order valence-corrected chi connectivity index (χ0v) is 13.0. The summed E-state index contributed by atoms with van der Waals surface area (Å²) in [5.74, 6) is 0. The van der Waals surface area contributed by atoms with Crippen molar-refractivity contribution < 1.29 is 8.42 Å². The fourth-order valence-electron chi connectivity index (χ4n) is 1.64. The van der Waals surface area contributed by atoms with E-state index in [4.69, 9.17) is 0 Å². The summed E-state index contributed by atoms with van der Waals surface area (Å²) in [5.41, 5.74) is 2.72. The number of aromatic nitrogens is 1. The molecule has 0 radical (unpaired) electrons. The van der Waals surface area contributed by atoms with Gasteiger partial charge in [0.15, 0.2) is 0 Å². The van der Waals surface area contributed by atoms with Gasteiger partial charge in [0.25, 0.3) is 0 Å². The number of thiophene rings is 1. The first kappa shape index (κ1) is 15.1. The lowest BCUT2D eigenvalue weighted by molar-refractivity contribution is 0.583. The summed E-state index contributed by atoms with van der Waals surface area (Å²) in [6.45, 7) is 2.80. The number of rotatable bonds is 6. The van der Waals surface area contributed by atoms with Crippen molar-refractivity contribution >= 4 is 21.4 Å². The predicted octanol–water partition coefficient (Wildman–Crippen LogP) is 1.65. The van der Waals surface area contributed by atoms with Crippen LogP contribution in [0.2, 0.25) is 0 Å². The minimum atomic E-state index is -3.45. The summed E-state index contributed by atoms with van der Waals surface area (Å²) in [6, 6.07) is 5.42. The number of nitrogens with one attached hydrogen (secondary N) is 2. The summed E-state index contributed by atoms with van der Waals surface area (Å²) < 4.78 is 27.2. The van der Waals surface area contributed by atoms with E-state index in [1.807, 2.05) is 31.5 Å². The Hall–Kier alpha value is -1.28. The van der Waals surface area contributed by atoms with Crippen molar-refractivity contribution in [2.75, 3.05) is 7.05 Å². The Kier molecular flexibility index (Phi) is 4.87. The quantitative estimate of drug-likeness (QED) is 0.851. The molecule has 2 aromatic heterocycles. The van der Waals surface area contributed by atoms with Gasteiger partial charge in [-0.1, -0.05) is 6.07 Å². The highest BCUT2D eigenvalue weighted by Crippen LogP contribution is 2.20. The number of pyridine rings is 1. The standard InChI is InChI=1S/C13H17N3O2S2/c1-10-3-4-11(7-15-10)8-16-20(17,18)13-5-12(6-14-2)9-19-13/h3-5,7,9,14,16H,6,8H2,1-2H3. The van der Waals surface area contributed by atoms with E-state index in [0.717, 1.165) is 16.8 Å². The van der Waals surface area contributed by atoms with Crippen molar-refractivity contribution in [1.82, 2.24) is 15.0 Å². The van der Waals surface area contributed by atoms with Gasteiger partial charge < -0.3 is 5.32 Å². The third kappa shape index (κ3) is 3.86. The van der Waals surface area contributed by atoms with Gasteiger partial charge in [-0.25, -0.2) is 13.1 Å². The Bertz CT molecular complexity index is 663. The molecule has 0 saturated carbocycles. The summed E-state index contributed by atoms with van der Waals surface area (Å²) in [7, 11) is -1.63. The molecule has 0 saturated heterocycles. The van der Waals surface area contributed by atoms with E-state index in [9.17, 15) is 8.42 Å². The monoisotopic (exact) mass is 311 g/mol. The van der Waals surface area contributed by atoms with Crippen molar-refractivity contribution in [2.45, 2.75) is 24.2 Å². The van der Waals surface area contributed by atoms with Crippen molar-refractivity contribution in [3.05, 3.63) is 46.6 Å². The molecule has 20 heavy (non-hydrogen) atoms. The lowest BCUT2D eigenvalue weighted by Crippen LogP contribution is -2.22. The van der Waals surface area contributed by atoms with Crippen LogP contribution in [-0.4, -0.2) is 20.4 Å². The molecule has 0 aromatic carbocycles. The number of sulfonamides is 1. The van der Waals surface area contributed by atoms with E-state index in [-0.39, 0.29) is 6.54 Å². The second kappa shape index (κ2) is 6.45. The van der Waals surface area contributed by atoms with Gasteiger partial charge in [0.2, 0.25) is 10.0 Å². The molecule has 2 aromatic rings. The maximum atomic E-state index is 12.1. The van der Waals surface area contributed by atoms with Gasteiger partial charge in [0.1, 0.15) is 4.21 Å². The molecule has 2 N–H and O–H groups in total. The zero-order chi connectivity index (χ0) is 14.6. The van der Waals surface area contributed by atoms with Crippen LogP contribution in [0.15, 0.2) is 34.0 Å². The van der Waals surface area contributed by atoms with E-state index in [1.165, 1.54) is 11.3 Å². The summed E-state index contributed by atoms with van der Waals surface area (Å²) >= 11 is 1.23. The first-order chi connectivity index (χ1) is 9.51. The molecule has 2 heterocycles. The molecule has 7 heteroatoms. The van der Waals surface area contributed by atoms with Crippen LogP contribution in [0.5, 0.6) is 0 Å². The highest BCUT2D eigenvalue weighted by Gasteiger charge is 2.16. The van der Waals surface area contributed by atoms with Gasteiger partial charge in [0.05, 0.1) is 0 Å². The highest BCUT2D eigenvalue weighted by molar-refractivity contribution is 7.91. The van der Waals surface area contributed by atoms with Crippen LogP contribution in [0.1, 0.15) is 16.8 Å². The van der Waals surface area contributed by atoms with Gasteiger partial charge >= 0.3 is 0 Å². The molecule has 0 aliphatic heterocycles. The smallest absolute Gasteiger partial charge is 0.250 e. The normalized spacial score (nSPS) is 11.7. The van der Waals surface area contributed by atoms with Gasteiger partial charge in [-0.2, -0.15) is 0 Å². The minimum Gasteiger partial charge on any atom is -0.316 e. The van der Waals surface area contributed by atoms with E-state index < -0.39 is 10.0 Å². The van der Waals surface area contributed by atoms with Crippen LogP contribution in [0.25, 0.3) is 0 Å². The molecule has 0 unspecified atom stereocenters. The predicted molar refractivity (Wildman–Crippen MR) is 80.1 cm³/mol. The van der Waals surface area contributed by atoms with E-state index in [0.29, 0.717) is 10.8 Å². The average molecular weight is 311 g/mol. The Morgan fingerprint density at radius 1 is 1.25 bits per heavy atom. The average Bonchev–Trinajstić information content (AvgIpc) is 2.88. The Balaban J connectivity index is 2.04. The van der Waals surface area contributed by atoms with Crippen LogP contribution < -0.4 is 10.0 Å². The van der Waals surface area contributed by atoms with Crippen LogP contribution in [0, 0.1) is 6.92 Å². The molecule has 0 aliphatic carbocycles. The molecular weight excluding hydrogens is 294 g/mol. The summed E-state index contributed by atoms with van der Waals surface area (Å²) in [5, 5.41) is 4.84.